The van der Waals surface area contributed by atoms with Crippen molar-refractivity contribution in [2.75, 3.05) is 19.3 Å². The zero-order valence-corrected chi connectivity index (χ0v) is 22.4. The van der Waals surface area contributed by atoms with E-state index >= 15 is 0 Å². The minimum absolute atomic E-state index is 0. The average molecular weight is 442 g/mol. The Hall–Kier alpha value is 0.756. The molecule has 0 saturated heterocycles. The third-order valence-electron chi connectivity index (χ3n) is 4.75. The molecular formula is C21H40KNO4S. The molecule has 0 aromatic rings. The van der Waals surface area contributed by atoms with Gasteiger partial charge in [0.15, 0.2) is 0 Å². The molecule has 160 valence electrons. The van der Waals surface area contributed by atoms with E-state index in [2.05, 4.69) is 19.1 Å². The Labute approximate surface area is 216 Å². The predicted molar refractivity (Wildman–Crippen MR) is 112 cm³/mol. The van der Waals surface area contributed by atoms with Gasteiger partial charge in [-0.15, -0.1) is 0 Å². The van der Waals surface area contributed by atoms with Gasteiger partial charge in [0.25, 0.3) is 0 Å². The van der Waals surface area contributed by atoms with Crippen molar-refractivity contribution in [1.82, 2.24) is 4.90 Å². The van der Waals surface area contributed by atoms with E-state index in [1.54, 1.807) is 7.05 Å². The van der Waals surface area contributed by atoms with Gasteiger partial charge in [-0.25, -0.2) is 8.42 Å². The van der Waals surface area contributed by atoms with E-state index in [-0.39, 0.29) is 63.8 Å². The van der Waals surface area contributed by atoms with Crippen LogP contribution in [0.15, 0.2) is 12.2 Å². The molecular weight excluding hydrogens is 401 g/mol. The maximum atomic E-state index is 11.8. The summed E-state index contributed by atoms with van der Waals surface area (Å²) in [6.45, 7) is 2.23. The van der Waals surface area contributed by atoms with E-state index < -0.39 is 15.9 Å². The first kappa shape index (κ1) is 30.9. The number of rotatable bonds is 18. The van der Waals surface area contributed by atoms with Crippen LogP contribution in [0.4, 0.5) is 0 Å². The molecule has 0 aliphatic carbocycles. The Morgan fingerprint density at radius 1 is 0.857 bits per heavy atom. The van der Waals surface area contributed by atoms with E-state index in [0.29, 0.717) is 6.42 Å². The third-order valence-corrected chi connectivity index (χ3v) is 5.44. The number of allylic oxidation sites excluding steroid dienone is 2. The van der Waals surface area contributed by atoms with Gasteiger partial charge in [0, 0.05) is 20.0 Å². The number of hydrogen-bond acceptors (Lipinski definition) is 4. The summed E-state index contributed by atoms with van der Waals surface area (Å²) in [5.41, 5.74) is 0. The van der Waals surface area contributed by atoms with E-state index in [0.717, 1.165) is 25.7 Å². The number of unbranched alkanes of at least 4 members (excludes halogenated alkanes) is 11. The van der Waals surface area contributed by atoms with Crippen LogP contribution in [-0.4, -0.2) is 43.1 Å². The molecule has 0 unspecified atom stereocenters. The van der Waals surface area contributed by atoms with Crippen molar-refractivity contribution in [2.45, 2.75) is 96.8 Å². The molecule has 0 aliphatic heterocycles. The van der Waals surface area contributed by atoms with Gasteiger partial charge in [-0.3, -0.25) is 4.79 Å². The van der Waals surface area contributed by atoms with E-state index in [4.69, 9.17) is 0 Å². The second-order valence-electron chi connectivity index (χ2n) is 7.41. The summed E-state index contributed by atoms with van der Waals surface area (Å²) >= 11 is 0. The summed E-state index contributed by atoms with van der Waals surface area (Å²) in [4.78, 5) is 13.2. The van der Waals surface area contributed by atoms with Crippen LogP contribution in [-0.2, 0) is 14.9 Å². The molecule has 5 nitrogen and oxygen atoms in total. The molecule has 0 bridgehead atoms. The largest absolute Gasteiger partial charge is 1.00 e. The summed E-state index contributed by atoms with van der Waals surface area (Å²) in [6, 6.07) is 0. The number of nitrogens with zero attached hydrogens (tertiary/aromatic N) is 1. The molecule has 0 saturated carbocycles. The van der Waals surface area contributed by atoms with E-state index in [9.17, 15) is 17.8 Å². The number of carbonyl (C=O) groups excluding carboxylic acids is 1. The van der Waals surface area contributed by atoms with Gasteiger partial charge in [-0.2, -0.15) is 0 Å². The first-order valence-electron chi connectivity index (χ1n) is 10.7. The van der Waals surface area contributed by atoms with E-state index in [1.807, 2.05) is 0 Å². The molecule has 0 aromatic carbocycles. The van der Waals surface area contributed by atoms with Crippen LogP contribution < -0.4 is 51.4 Å². The Balaban J connectivity index is 0. The monoisotopic (exact) mass is 441 g/mol. The first-order valence-corrected chi connectivity index (χ1v) is 12.3. The van der Waals surface area contributed by atoms with Gasteiger partial charge < -0.3 is 9.45 Å². The van der Waals surface area contributed by atoms with E-state index in [1.165, 1.54) is 62.7 Å². The molecule has 1 amide bonds. The second kappa shape index (κ2) is 21.0. The Kier molecular flexibility index (Phi) is 23.2. The Bertz CT molecular complexity index is 495. The van der Waals surface area contributed by atoms with Crippen molar-refractivity contribution >= 4 is 16.0 Å². The molecule has 0 atom stereocenters. The smallest absolute Gasteiger partial charge is 0.748 e. The van der Waals surface area contributed by atoms with Crippen molar-refractivity contribution in [1.29, 1.82) is 0 Å². The van der Waals surface area contributed by atoms with Crippen LogP contribution in [0.25, 0.3) is 0 Å². The minimum atomic E-state index is -4.25. The van der Waals surface area contributed by atoms with Crippen LogP contribution in [0.2, 0.25) is 0 Å². The molecule has 0 spiro atoms. The van der Waals surface area contributed by atoms with Crippen LogP contribution in [0.3, 0.4) is 0 Å². The minimum Gasteiger partial charge on any atom is -0.748 e. The van der Waals surface area contributed by atoms with Crippen molar-refractivity contribution < 1.29 is 69.1 Å². The SMILES string of the molecule is CCCCCCCC/C=C/CCCCCCCC(=O)N(C)CCS(=O)(=O)[O-].[K+]. The van der Waals surface area contributed by atoms with Gasteiger partial charge in [-0.1, -0.05) is 70.4 Å². The Morgan fingerprint density at radius 3 is 1.82 bits per heavy atom. The normalized spacial score (nSPS) is 11.5. The van der Waals surface area contributed by atoms with Crippen LogP contribution in [0.5, 0.6) is 0 Å². The van der Waals surface area contributed by atoms with Crippen LogP contribution in [0.1, 0.15) is 96.8 Å². The molecule has 7 heteroatoms. The van der Waals surface area contributed by atoms with Crippen molar-refractivity contribution in [3.05, 3.63) is 12.2 Å². The number of hydrogen-bond donors (Lipinski definition) is 0. The summed E-state index contributed by atoms with van der Waals surface area (Å²) in [6.07, 6.45) is 20.8. The number of carbonyl (C=O) groups is 1. The second-order valence-corrected chi connectivity index (χ2v) is 8.93. The average Bonchev–Trinajstić information content (AvgIpc) is 2.62. The summed E-state index contributed by atoms with van der Waals surface area (Å²) < 4.78 is 31.7. The summed E-state index contributed by atoms with van der Waals surface area (Å²) in [5, 5.41) is 0. The van der Waals surface area contributed by atoms with Gasteiger partial charge >= 0.3 is 51.4 Å². The summed E-state index contributed by atoms with van der Waals surface area (Å²) in [5.74, 6) is -0.599. The van der Waals surface area contributed by atoms with Crippen molar-refractivity contribution in [2.24, 2.45) is 0 Å². The molecule has 0 heterocycles. The molecule has 0 aromatic heterocycles. The maximum Gasteiger partial charge on any atom is 1.00 e. The molecule has 0 rings (SSSR count). The molecule has 0 N–H and O–H groups in total. The third kappa shape index (κ3) is 23.0. The first-order chi connectivity index (χ1) is 12.9. The fourth-order valence-electron chi connectivity index (χ4n) is 2.91. The standard InChI is InChI=1S/C21H41NO4S.K/c1-3-4-5-6-7-8-9-10-11-12-13-14-15-16-17-18-21(23)22(2)19-20-27(24,25)26;/h10-11H,3-9,12-20H2,1-2H3,(H,24,25,26);/q;+1/p-1/b11-10+;. The molecule has 0 radical (unpaired) electrons. The zero-order valence-electron chi connectivity index (χ0n) is 18.5. The van der Waals surface area contributed by atoms with Crippen molar-refractivity contribution in [3.8, 4) is 0 Å². The zero-order chi connectivity index (χ0) is 20.4. The fraction of sp³-hybridized carbons (Fsp3) is 0.857. The fourth-order valence-corrected chi connectivity index (χ4v) is 3.41. The van der Waals surface area contributed by atoms with Gasteiger partial charge in [0.2, 0.25) is 5.91 Å². The molecule has 28 heavy (non-hydrogen) atoms. The van der Waals surface area contributed by atoms with Gasteiger partial charge in [0.05, 0.1) is 15.9 Å². The molecule has 0 fully saturated rings. The number of amides is 1. The topological polar surface area (TPSA) is 77.5 Å². The quantitative estimate of drug-likeness (QED) is 0.141. The summed E-state index contributed by atoms with van der Waals surface area (Å²) in [7, 11) is -2.71. The Morgan fingerprint density at radius 2 is 1.32 bits per heavy atom. The van der Waals surface area contributed by atoms with Crippen molar-refractivity contribution in [3.63, 3.8) is 0 Å². The van der Waals surface area contributed by atoms with Gasteiger partial charge in [-0.05, 0) is 32.1 Å². The predicted octanol–water partition coefficient (Wildman–Crippen LogP) is 2.03. The molecule has 0 aliphatic rings. The van der Waals surface area contributed by atoms with Gasteiger partial charge in [0.1, 0.15) is 0 Å². The maximum absolute atomic E-state index is 11.8. The van der Waals surface area contributed by atoms with Crippen LogP contribution >= 0.6 is 0 Å². The van der Waals surface area contributed by atoms with Crippen LogP contribution in [0, 0.1) is 0 Å².